The zero-order valence-electron chi connectivity index (χ0n) is 12.2. The van der Waals surface area contributed by atoms with Crippen LogP contribution in [0.3, 0.4) is 0 Å². The monoisotopic (exact) mass is 258 g/mol. The molecule has 0 atom stereocenters. The highest BCUT2D eigenvalue weighted by molar-refractivity contribution is 6.34. The van der Waals surface area contributed by atoms with Crippen LogP contribution in [-0.4, -0.2) is 60.5 Å². The summed E-state index contributed by atoms with van der Waals surface area (Å²) in [5.74, 6) is 2.53. The summed E-state index contributed by atoms with van der Waals surface area (Å²) >= 11 is 0. The van der Waals surface area contributed by atoms with Crippen LogP contribution >= 0.6 is 0 Å². The molecule has 0 heterocycles. The van der Waals surface area contributed by atoms with Crippen LogP contribution in [0.1, 0.15) is 27.7 Å². The van der Waals surface area contributed by atoms with Crippen molar-refractivity contribution in [1.82, 2.24) is 0 Å². The van der Waals surface area contributed by atoms with Crippen LogP contribution < -0.4 is 0 Å². The molecule has 0 rings (SSSR count). The van der Waals surface area contributed by atoms with E-state index in [2.05, 4.69) is 5.92 Å². The van der Waals surface area contributed by atoms with Gasteiger partial charge < -0.3 is 19.4 Å². The molecule has 0 saturated heterocycles. The van der Waals surface area contributed by atoms with Crippen molar-refractivity contribution < 1.29 is 23.9 Å². The van der Waals surface area contributed by atoms with Crippen LogP contribution in [0.15, 0.2) is 0 Å². The number of terminal acetylenes is 1. The Kier molecular flexibility index (Phi) is 5.85. The zero-order chi connectivity index (χ0) is 14.6. The molecule has 0 amide bonds. The Bertz CT molecular complexity index is 304. The lowest BCUT2D eigenvalue weighted by Gasteiger charge is -2.38. The Hall–Kier alpha value is -0.575. The first kappa shape index (κ1) is 17.4. The fourth-order valence-electron chi connectivity index (χ4n) is 0.989. The van der Waals surface area contributed by atoms with E-state index in [9.17, 15) is 10.1 Å². The van der Waals surface area contributed by atoms with Crippen LogP contribution in [0.2, 0.25) is 0 Å². The van der Waals surface area contributed by atoms with Crippen LogP contribution in [0.4, 0.5) is 0 Å². The minimum Gasteiger partial charge on any atom is -0.401 e. The van der Waals surface area contributed by atoms with Gasteiger partial charge in [-0.25, -0.2) is 0 Å². The zero-order valence-corrected chi connectivity index (χ0v) is 12.2. The predicted octanol–water partition coefficient (Wildman–Crippen LogP) is 0.213. The minimum absolute atomic E-state index is 0.216. The van der Waals surface area contributed by atoms with E-state index >= 15 is 0 Å². The third kappa shape index (κ3) is 5.85. The molecule has 2 N–H and O–H groups in total. The number of aliphatic hydroxyl groups is 1. The van der Waals surface area contributed by atoms with Gasteiger partial charge in [0.05, 0.1) is 25.3 Å². The third-order valence-corrected chi connectivity index (χ3v) is 2.95. The molecule has 5 nitrogen and oxygen atoms in total. The van der Waals surface area contributed by atoms with Crippen molar-refractivity contribution in [1.29, 1.82) is 0 Å². The van der Waals surface area contributed by atoms with Crippen molar-refractivity contribution in [3.63, 3.8) is 0 Å². The summed E-state index contributed by atoms with van der Waals surface area (Å²) in [6.07, 6.45) is 5.23. The van der Waals surface area contributed by atoms with E-state index in [1.807, 2.05) is 14.1 Å². The second kappa shape index (κ2) is 6.05. The highest BCUT2D eigenvalue weighted by Crippen LogP contribution is 2.25. The fourth-order valence-corrected chi connectivity index (χ4v) is 0.989. The highest BCUT2D eigenvalue weighted by Gasteiger charge is 2.40. The fraction of sp³-hybridized carbons (Fsp3) is 0.833. The Balaban J connectivity index is 4.30. The number of quaternary nitrogens is 1. The van der Waals surface area contributed by atoms with Crippen molar-refractivity contribution in [2.45, 2.75) is 38.9 Å². The van der Waals surface area contributed by atoms with E-state index in [1.165, 1.54) is 0 Å². The molecule has 0 fully saturated rings. The average Bonchev–Trinajstić information content (AvgIpc) is 2.12. The quantitative estimate of drug-likeness (QED) is 0.297. The summed E-state index contributed by atoms with van der Waals surface area (Å²) < 4.78 is 10.9. The predicted molar refractivity (Wildman–Crippen MR) is 71.2 cm³/mol. The van der Waals surface area contributed by atoms with E-state index in [4.69, 9.17) is 15.7 Å². The molecular formula is C12H25BNO4+. The molecule has 0 spiro atoms. The molecule has 0 bridgehead atoms. The molecule has 0 aliphatic heterocycles. The number of hydrogen-bond acceptors (Lipinski definition) is 4. The van der Waals surface area contributed by atoms with Crippen LogP contribution in [-0.2, 0) is 9.31 Å². The molecule has 6 heteroatoms. The number of nitrogens with zero attached hydrogens (tertiary/aromatic N) is 1. The minimum atomic E-state index is -1.40. The first-order chi connectivity index (χ1) is 7.91. The largest absolute Gasteiger partial charge is 0.641 e. The summed E-state index contributed by atoms with van der Waals surface area (Å²) in [4.78, 5) is 0. The molecule has 18 heavy (non-hydrogen) atoms. The normalized spacial score (nSPS) is 13.3. The van der Waals surface area contributed by atoms with E-state index < -0.39 is 18.5 Å². The molecule has 0 unspecified atom stereocenters. The summed E-state index contributed by atoms with van der Waals surface area (Å²) in [7, 11) is 2.36. The van der Waals surface area contributed by atoms with E-state index in [0.29, 0.717) is 11.0 Å². The van der Waals surface area contributed by atoms with Gasteiger partial charge in [0, 0.05) is 0 Å². The van der Waals surface area contributed by atoms with Crippen molar-refractivity contribution in [2.24, 2.45) is 0 Å². The van der Waals surface area contributed by atoms with Crippen LogP contribution in [0.25, 0.3) is 0 Å². The van der Waals surface area contributed by atoms with Gasteiger partial charge >= 0.3 is 7.32 Å². The topological polar surface area (TPSA) is 58.9 Å². The van der Waals surface area contributed by atoms with Crippen molar-refractivity contribution in [2.75, 3.05) is 27.4 Å². The van der Waals surface area contributed by atoms with Gasteiger partial charge in [0.25, 0.3) is 0 Å². The Labute approximate surface area is 110 Å². The van der Waals surface area contributed by atoms with Gasteiger partial charge in [-0.15, -0.1) is 6.42 Å². The highest BCUT2D eigenvalue weighted by atomic mass is 16.7. The molecule has 0 aliphatic carbocycles. The van der Waals surface area contributed by atoms with Crippen molar-refractivity contribution in [3.05, 3.63) is 0 Å². The Morgan fingerprint density at radius 1 is 1.28 bits per heavy atom. The van der Waals surface area contributed by atoms with Gasteiger partial charge in [0.15, 0.2) is 6.73 Å². The Morgan fingerprint density at radius 2 is 1.78 bits per heavy atom. The van der Waals surface area contributed by atoms with Crippen molar-refractivity contribution >= 4 is 7.32 Å². The standard InChI is InChI=1S/C12H25BNO4/c1-8-9-14(6,7)10-17-13(16)18-12(4,5)11(2,3)15/h1,15-16H,9-10H2,2-7H3/q+1. The smallest absolute Gasteiger partial charge is 0.401 e. The molecule has 104 valence electrons. The van der Waals surface area contributed by atoms with Crippen LogP contribution in [0, 0.1) is 12.3 Å². The van der Waals surface area contributed by atoms with E-state index in [0.717, 1.165) is 0 Å². The molecular weight excluding hydrogens is 233 g/mol. The van der Waals surface area contributed by atoms with Gasteiger partial charge in [-0.1, -0.05) is 0 Å². The van der Waals surface area contributed by atoms with Crippen molar-refractivity contribution in [3.8, 4) is 12.3 Å². The maximum Gasteiger partial charge on any atom is 0.641 e. The lowest BCUT2D eigenvalue weighted by Crippen LogP contribution is -2.52. The lowest BCUT2D eigenvalue weighted by molar-refractivity contribution is -0.900. The SMILES string of the molecule is C#CC[N+](C)(C)COB(O)OC(C)(C)C(C)(C)O. The van der Waals surface area contributed by atoms with Gasteiger partial charge in [0.2, 0.25) is 0 Å². The summed E-state index contributed by atoms with van der Waals surface area (Å²) in [5, 5.41) is 19.5. The van der Waals surface area contributed by atoms with Gasteiger partial charge in [0.1, 0.15) is 6.54 Å². The van der Waals surface area contributed by atoms with E-state index in [-0.39, 0.29) is 6.73 Å². The first-order valence-corrected chi connectivity index (χ1v) is 5.87. The second-order valence-electron chi connectivity index (χ2n) is 6.09. The maximum absolute atomic E-state index is 9.88. The Morgan fingerprint density at radius 3 is 2.17 bits per heavy atom. The number of rotatable bonds is 7. The second-order valence-corrected chi connectivity index (χ2v) is 6.09. The number of hydrogen-bond donors (Lipinski definition) is 2. The molecule has 0 aromatic heterocycles. The van der Waals surface area contributed by atoms with Gasteiger partial charge in [-0.05, 0) is 33.6 Å². The molecule has 0 aromatic rings. The molecule has 0 aromatic carbocycles. The average molecular weight is 258 g/mol. The van der Waals surface area contributed by atoms with Gasteiger partial charge in [-0.2, -0.15) is 0 Å². The first-order valence-electron chi connectivity index (χ1n) is 5.87. The summed E-state index contributed by atoms with van der Waals surface area (Å²) in [6.45, 7) is 7.28. The molecule has 0 radical (unpaired) electrons. The van der Waals surface area contributed by atoms with Gasteiger partial charge in [-0.3, -0.25) is 4.48 Å². The lowest BCUT2D eigenvalue weighted by atomic mass is 9.88. The maximum atomic E-state index is 9.88. The summed E-state index contributed by atoms with van der Waals surface area (Å²) in [6, 6.07) is 0. The van der Waals surface area contributed by atoms with Crippen LogP contribution in [0.5, 0.6) is 0 Å². The molecule has 0 saturated carbocycles. The van der Waals surface area contributed by atoms with E-state index in [1.54, 1.807) is 27.7 Å². The third-order valence-electron chi connectivity index (χ3n) is 2.95. The molecule has 0 aliphatic rings. The summed E-state index contributed by atoms with van der Waals surface area (Å²) in [5.41, 5.74) is -2.03.